The summed E-state index contributed by atoms with van der Waals surface area (Å²) in [5.74, 6) is -2.59. The van der Waals surface area contributed by atoms with Crippen molar-refractivity contribution in [3.8, 4) is 22.5 Å². The molecule has 5 rings (SSSR count). The van der Waals surface area contributed by atoms with Crippen LogP contribution >= 0.6 is 0 Å². The molecular formula is C29H22F4N4O2. The summed E-state index contributed by atoms with van der Waals surface area (Å²) in [4.78, 5) is 24.2. The van der Waals surface area contributed by atoms with Crippen molar-refractivity contribution in [1.29, 1.82) is 0 Å². The predicted molar refractivity (Wildman–Crippen MR) is 139 cm³/mol. The smallest absolute Gasteiger partial charge is 0.384 e. The van der Waals surface area contributed by atoms with Gasteiger partial charge in [0.15, 0.2) is 5.82 Å². The van der Waals surface area contributed by atoms with E-state index in [9.17, 15) is 23.1 Å². The third-order valence-corrected chi connectivity index (χ3v) is 6.21. The van der Waals surface area contributed by atoms with Gasteiger partial charge < -0.3 is 15.4 Å². The van der Waals surface area contributed by atoms with Gasteiger partial charge in [0.25, 0.3) is 5.91 Å². The van der Waals surface area contributed by atoms with Crippen molar-refractivity contribution >= 4 is 22.5 Å². The number of aliphatic hydroxyl groups is 1. The lowest BCUT2D eigenvalue weighted by Gasteiger charge is -2.16. The third kappa shape index (κ3) is 5.23. The van der Waals surface area contributed by atoms with Gasteiger partial charge in [-0.1, -0.05) is 30.3 Å². The van der Waals surface area contributed by atoms with E-state index in [-0.39, 0.29) is 11.9 Å². The Morgan fingerprint density at radius 1 is 0.923 bits per heavy atom. The molecule has 2 aromatic heterocycles. The van der Waals surface area contributed by atoms with E-state index in [2.05, 4.69) is 20.3 Å². The highest BCUT2D eigenvalue weighted by atomic mass is 19.4. The van der Waals surface area contributed by atoms with Gasteiger partial charge in [-0.3, -0.25) is 4.79 Å². The number of hydrogen-bond acceptors (Lipinski definition) is 4. The van der Waals surface area contributed by atoms with E-state index in [0.29, 0.717) is 22.5 Å². The van der Waals surface area contributed by atoms with E-state index >= 15 is 4.39 Å². The molecular weight excluding hydrogens is 512 g/mol. The van der Waals surface area contributed by atoms with Crippen LogP contribution in [0.1, 0.15) is 35.5 Å². The number of alkyl halides is 3. The molecule has 39 heavy (non-hydrogen) atoms. The molecule has 3 N–H and O–H groups in total. The number of carbonyl (C=O) groups excluding carboxylic acids is 1. The van der Waals surface area contributed by atoms with E-state index in [4.69, 9.17) is 0 Å². The number of amides is 1. The maximum absolute atomic E-state index is 15.0. The first-order valence-electron chi connectivity index (χ1n) is 11.9. The van der Waals surface area contributed by atoms with E-state index < -0.39 is 40.2 Å². The molecule has 0 saturated carbocycles. The average molecular weight is 535 g/mol. The zero-order valence-corrected chi connectivity index (χ0v) is 20.8. The van der Waals surface area contributed by atoms with Crippen LogP contribution in [0.15, 0.2) is 79.1 Å². The predicted octanol–water partition coefficient (Wildman–Crippen LogP) is 6.93. The summed E-state index contributed by atoms with van der Waals surface area (Å²) < 4.78 is 56.2. The molecule has 0 aliphatic rings. The number of H-pyrrole nitrogens is 1. The lowest BCUT2D eigenvalue weighted by Crippen LogP contribution is -2.17. The number of carbonyl (C=O) groups is 1. The lowest BCUT2D eigenvalue weighted by molar-refractivity contribution is -0.137. The van der Waals surface area contributed by atoms with Crippen LogP contribution in [0, 0.1) is 5.82 Å². The first kappa shape index (κ1) is 26.1. The van der Waals surface area contributed by atoms with E-state index in [1.54, 1.807) is 32.0 Å². The van der Waals surface area contributed by atoms with Crippen molar-refractivity contribution in [2.45, 2.75) is 25.6 Å². The molecule has 0 radical (unpaired) electrons. The Bertz CT molecular complexity index is 1680. The molecule has 0 unspecified atom stereocenters. The highest BCUT2D eigenvalue weighted by molar-refractivity contribution is 6.08. The van der Waals surface area contributed by atoms with Crippen molar-refractivity contribution in [2.75, 3.05) is 5.32 Å². The molecule has 0 aliphatic carbocycles. The number of nitrogens with one attached hydrogen (secondary N) is 2. The minimum absolute atomic E-state index is 0.280. The molecule has 0 saturated heterocycles. The zero-order chi connectivity index (χ0) is 27.9. The van der Waals surface area contributed by atoms with Gasteiger partial charge in [-0.25, -0.2) is 14.4 Å². The summed E-state index contributed by atoms with van der Waals surface area (Å²) in [6.07, 6.45) is -2.39. The Kier molecular flexibility index (Phi) is 6.43. The highest BCUT2D eigenvalue weighted by Gasteiger charge is 2.36. The van der Waals surface area contributed by atoms with Crippen LogP contribution in [-0.4, -0.2) is 26.0 Å². The van der Waals surface area contributed by atoms with Crippen molar-refractivity contribution in [2.24, 2.45) is 0 Å². The van der Waals surface area contributed by atoms with Crippen LogP contribution in [-0.2, 0) is 11.8 Å². The van der Waals surface area contributed by atoms with Crippen LogP contribution in [0.5, 0.6) is 0 Å². The fourth-order valence-electron chi connectivity index (χ4n) is 4.26. The second-order valence-corrected chi connectivity index (χ2v) is 9.50. The van der Waals surface area contributed by atoms with Gasteiger partial charge in [-0.05, 0) is 55.8 Å². The normalized spacial score (nSPS) is 12.1. The largest absolute Gasteiger partial charge is 0.417 e. The molecule has 198 valence electrons. The van der Waals surface area contributed by atoms with Gasteiger partial charge >= 0.3 is 6.18 Å². The molecule has 1 amide bonds. The minimum Gasteiger partial charge on any atom is -0.384 e. The lowest BCUT2D eigenvalue weighted by atomic mass is 9.99. The van der Waals surface area contributed by atoms with E-state index in [0.717, 1.165) is 17.0 Å². The van der Waals surface area contributed by atoms with E-state index in [1.165, 1.54) is 18.5 Å². The SMILES string of the molecule is CC(C)(O)c1cc2cc(-c3ccccc3)c(NC(=O)c3cc(-c4ncccn4)c(C(F)(F)F)cc3F)cc2[nH]1. The first-order valence-corrected chi connectivity index (χ1v) is 11.9. The Morgan fingerprint density at radius 3 is 2.26 bits per heavy atom. The van der Waals surface area contributed by atoms with Crippen LogP contribution in [0.2, 0.25) is 0 Å². The number of fused-ring (bicyclic) bond motifs is 1. The second kappa shape index (κ2) is 9.63. The number of anilines is 1. The van der Waals surface area contributed by atoms with Gasteiger partial charge in [0.2, 0.25) is 0 Å². The number of aromatic nitrogens is 3. The fraction of sp³-hybridized carbons (Fsp3) is 0.138. The van der Waals surface area contributed by atoms with Gasteiger partial charge in [-0.15, -0.1) is 0 Å². The van der Waals surface area contributed by atoms with Crippen LogP contribution in [0.25, 0.3) is 33.4 Å². The second-order valence-electron chi connectivity index (χ2n) is 9.50. The van der Waals surface area contributed by atoms with Crippen molar-refractivity contribution in [1.82, 2.24) is 15.0 Å². The summed E-state index contributed by atoms with van der Waals surface area (Å²) >= 11 is 0. The number of halogens is 4. The molecule has 0 spiro atoms. The maximum atomic E-state index is 15.0. The summed E-state index contributed by atoms with van der Waals surface area (Å²) in [6.45, 7) is 3.25. The van der Waals surface area contributed by atoms with Crippen LogP contribution < -0.4 is 5.32 Å². The van der Waals surface area contributed by atoms with Crippen molar-refractivity contribution < 1.29 is 27.5 Å². The van der Waals surface area contributed by atoms with Gasteiger partial charge in [0.05, 0.1) is 22.4 Å². The molecule has 2 heterocycles. The maximum Gasteiger partial charge on any atom is 0.417 e. The van der Waals surface area contributed by atoms with Gasteiger partial charge in [-0.2, -0.15) is 13.2 Å². The zero-order valence-electron chi connectivity index (χ0n) is 20.8. The Balaban J connectivity index is 1.62. The van der Waals surface area contributed by atoms with Gasteiger partial charge in [0.1, 0.15) is 5.82 Å². The monoisotopic (exact) mass is 534 g/mol. The molecule has 0 aliphatic heterocycles. The number of benzene rings is 3. The first-order chi connectivity index (χ1) is 18.4. The number of nitrogens with zero attached hydrogens (tertiary/aromatic N) is 2. The summed E-state index contributed by atoms with van der Waals surface area (Å²) in [5, 5.41) is 13.9. The molecule has 5 aromatic rings. The van der Waals surface area contributed by atoms with Crippen LogP contribution in [0.4, 0.5) is 23.2 Å². The van der Waals surface area contributed by atoms with E-state index in [1.807, 2.05) is 30.3 Å². The molecule has 6 nitrogen and oxygen atoms in total. The molecule has 3 aromatic carbocycles. The summed E-state index contributed by atoms with van der Waals surface area (Å²) in [5.41, 5.74) is -0.812. The fourth-order valence-corrected chi connectivity index (χ4v) is 4.26. The third-order valence-electron chi connectivity index (χ3n) is 6.21. The topological polar surface area (TPSA) is 90.9 Å². The Hall–Kier alpha value is -4.57. The number of hydrogen-bond donors (Lipinski definition) is 3. The summed E-state index contributed by atoms with van der Waals surface area (Å²) in [7, 11) is 0. The summed E-state index contributed by atoms with van der Waals surface area (Å²) in [6, 6.07) is 16.8. The average Bonchev–Trinajstić information content (AvgIpc) is 3.32. The molecule has 10 heteroatoms. The number of aromatic amines is 1. The van der Waals surface area contributed by atoms with Gasteiger partial charge in [0, 0.05) is 40.1 Å². The molecule has 0 fully saturated rings. The highest BCUT2D eigenvalue weighted by Crippen LogP contribution is 2.38. The molecule has 0 atom stereocenters. The standard InChI is InChI=1S/C29H22F4N4O2/c1-28(2,39)25-12-17-11-18(16-7-4-3-5-8-16)24(15-23(17)36-25)37-27(38)20-13-19(26-34-9-6-10-35-26)21(14-22(20)30)29(31,32)33/h3-15,36,39H,1-2H3,(H,37,38). The molecule has 0 bridgehead atoms. The quantitative estimate of drug-likeness (QED) is 0.213. The van der Waals surface area contributed by atoms with Crippen LogP contribution in [0.3, 0.4) is 0 Å². The van der Waals surface area contributed by atoms with Crippen molar-refractivity contribution in [3.05, 3.63) is 102 Å². The number of rotatable bonds is 5. The van der Waals surface area contributed by atoms with Crippen molar-refractivity contribution in [3.63, 3.8) is 0 Å². The minimum atomic E-state index is -4.90. The Labute approximate surface area is 220 Å². The Morgan fingerprint density at radius 2 is 1.62 bits per heavy atom.